The summed E-state index contributed by atoms with van der Waals surface area (Å²) in [5, 5.41) is 12.0. The average molecular weight is 252 g/mol. The Morgan fingerprint density at radius 2 is 2.15 bits per heavy atom. The Morgan fingerprint density at radius 3 is 2.69 bits per heavy atom. The molecule has 0 heterocycles. The van der Waals surface area contributed by atoms with Crippen LogP contribution in [0.15, 0.2) is 10.5 Å². The third kappa shape index (κ3) is 1.97. The summed E-state index contributed by atoms with van der Waals surface area (Å²) in [7, 11) is 1.58. The van der Waals surface area contributed by atoms with Gasteiger partial charge in [0.2, 0.25) is 0 Å². The van der Waals surface area contributed by atoms with Crippen molar-refractivity contribution in [3.8, 4) is 5.75 Å². The number of rotatable bonds is 2. The second-order valence-electron chi connectivity index (χ2n) is 2.51. The molecule has 5 heteroatoms. The van der Waals surface area contributed by atoms with E-state index in [1.807, 2.05) is 0 Å². The number of hydrogen-bond donors (Lipinski definition) is 2. The summed E-state index contributed by atoms with van der Waals surface area (Å²) < 4.78 is 26.0. The highest BCUT2D eigenvalue weighted by Gasteiger charge is 2.15. The summed E-state index contributed by atoms with van der Waals surface area (Å²) in [5.74, 6) is -2.27. The molecule has 0 saturated carbocycles. The van der Waals surface area contributed by atoms with E-state index in [0.717, 1.165) is 6.07 Å². The summed E-state index contributed by atoms with van der Waals surface area (Å²) in [6, 6.07) is 0.893. The van der Waals surface area contributed by atoms with E-state index in [1.165, 1.54) is 0 Å². The van der Waals surface area contributed by atoms with Gasteiger partial charge in [0.25, 0.3) is 0 Å². The minimum Gasteiger partial charge on any atom is -0.506 e. The molecule has 0 aliphatic rings. The van der Waals surface area contributed by atoms with Crippen LogP contribution < -0.4 is 5.32 Å². The molecule has 0 saturated heterocycles. The molecule has 1 aromatic carbocycles. The molecular formula is C8H8BrF2NO. The average Bonchev–Trinajstić information content (AvgIpc) is 2.09. The monoisotopic (exact) mass is 251 g/mol. The Hall–Kier alpha value is -0.680. The third-order valence-electron chi connectivity index (χ3n) is 1.59. The standard InChI is InChI=1S/C8H8BrF2NO/c1-12-3-4-7(11)6(10)2-5(9)8(4)13/h2,12-13H,3H2,1H3. The van der Waals surface area contributed by atoms with Gasteiger partial charge in [0.1, 0.15) is 5.75 Å². The molecule has 0 aliphatic carbocycles. The highest BCUT2D eigenvalue weighted by Crippen LogP contribution is 2.31. The lowest BCUT2D eigenvalue weighted by Gasteiger charge is -2.07. The van der Waals surface area contributed by atoms with Crippen molar-refractivity contribution in [1.82, 2.24) is 5.32 Å². The molecule has 0 aromatic heterocycles. The summed E-state index contributed by atoms with van der Waals surface area (Å²) in [5.41, 5.74) is -0.0747. The number of benzene rings is 1. The molecule has 0 amide bonds. The smallest absolute Gasteiger partial charge is 0.167 e. The fourth-order valence-corrected chi connectivity index (χ4v) is 1.41. The molecule has 0 bridgehead atoms. The van der Waals surface area contributed by atoms with Crippen molar-refractivity contribution in [3.63, 3.8) is 0 Å². The SMILES string of the molecule is CNCc1c(O)c(Br)cc(F)c1F. The van der Waals surface area contributed by atoms with Crippen molar-refractivity contribution >= 4 is 15.9 Å². The zero-order chi connectivity index (χ0) is 10.0. The van der Waals surface area contributed by atoms with Crippen molar-refractivity contribution < 1.29 is 13.9 Å². The maximum atomic E-state index is 13.0. The second-order valence-corrected chi connectivity index (χ2v) is 3.37. The van der Waals surface area contributed by atoms with Crippen LogP contribution in [0.4, 0.5) is 8.78 Å². The summed E-state index contributed by atoms with van der Waals surface area (Å²) in [6.07, 6.45) is 0. The summed E-state index contributed by atoms with van der Waals surface area (Å²) in [6.45, 7) is 0.0774. The summed E-state index contributed by atoms with van der Waals surface area (Å²) in [4.78, 5) is 0. The van der Waals surface area contributed by atoms with Gasteiger partial charge in [0.15, 0.2) is 11.6 Å². The fraction of sp³-hybridized carbons (Fsp3) is 0.250. The number of aromatic hydroxyl groups is 1. The first-order chi connectivity index (χ1) is 6.07. The molecule has 0 atom stereocenters. The van der Waals surface area contributed by atoms with Gasteiger partial charge in [-0.3, -0.25) is 0 Å². The maximum absolute atomic E-state index is 13.0. The largest absolute Gasteiger partial charge is 0.506 e. The van der Waals surface area contributed by atoms with Crippen LogP contribution in [0.3, 0.4) is 0 Å². The molecule has 0 unspecified atom stereocenters. The van der Waals surface area contributed by atoms with Crippen LogP contribution >= 0.6 is 15.9 Å². The highest BCUT2D eigenvalue weighted by atomic mass is 79.9. The van der Waals surface area contributed by atoms with Gasteiger partial charge in [-0.2, -0.15) is 0 Å². The first-order valence-corrected chi connectivity index (χ1v) is 4.37. The fourth-order valence-electron chi connectivity index (χ4n) is 0.973. The van der Waals surface area contributed by atoms with E-state index in [4.69, 9.17) is 0 Å². The van der Waals surface area contributed by atoms with Gasteiger partial charge in [-0.05, 0) is 29.0 Å². The number of hydrogen-bond acceptors (Lipinski definition) is 2. The van der Waals surface area contributed by atoms with E-state index in [9.17, 15) is 13.9 Å². The molecule has 1 aromatic rings. The first-order valence-electron chi connectivity index (χ1n) is 3.58. The van der Waals surface area contributed by atoms with Gasteiger partial charge in [0.05, 0.1) is 4.47 Å². The van der Waals surface area contributed by atoms with Crippen molar-refractivity contribution in [1.29, 1.82) is 0 Å². The minimum atomic E-state index is -1.02. The van der Waals surface area contributed by atoms with Gasteiger partial charge in [-0.25, -0.2) is 8.78 Å². The Balaban J connectivity index is 3.28. The zero-order valence-electron chi connectivity index (χ0n) is 6.87. The maximum Gasteiger partial charge on any atom is 0.167 e. The normalized spacial score (nSPS) is 10.5. The van der Waals surface area contributed by atoms with Crippen molar-refractivity contribution in [2.75, 3.05) is 7.05 Å². The molecule has 0 radical (unpaired) electrons. The van der Waals surface area contributed by atoms with Gasteiger partial charge in [-0.15, -0.1) is 0 Å². The van der Waals surface area contributed by atoms with E-state index < -0.39 is 11.6 Å². The predicted octanol–water partition coefficient (Wildman–Crippen LogP) is 2.15. The second kappa shape index (κ2) is 4.02. The van der Waals surface area contributed by atoms with Gasteiger partial charge in [-0.1, -0.05) is 0 Å². The quantitative estimate of drug-likeness (QED) is 0.790. The van der Waals surface area contributed by atoms with E-state index >= 15 is 0 Å². The van der Waals surface area contributed by atoms with Crippen molar-refractivity contribution in [2.24, 2.45) is 0 Å². The van der Waals surface area contributed by atoms with Gasteiger partial charge < -0.3 is 10.4 Å². The Labute approximate surface area is 82.7 Å². The van der Waals surface area contributed by atoms with Crippen LogP contribution in [-0.4, -0.2) is 12.2 Å². The molecule has 1 rings (SSSR count). The van der Waals surface area contributed by atoms with Crippen LogP contribution in [0.25, 0.3) is 0 Å². The van der Waals surface area contributed by atoms with Crippen molar-refractivity contribution in [2.45, 2.75) is 6.54 Å². The predicted molar refractivity (Wildman–Crippen MR) is 48.5 cm³/mol. The Kier molecular flexibility index (Phi) is 3.22. The first kappa shape index (κ1) is 10.4. The zero-order valence-corrected chi connectivity index (χ0v) is 8.45. The molecular weight excluding hydrogens is 244 g/mol. The van der Waals surface area contributed by atoms with Crippen molar-refractivity contribution in [3.05, 3.63) is 27.7 Å². The number of phenolic OH excluding ortho intramolecular Hbond substituents is 1. The Morgan fingerprint density at radius 1 is 1.54 bits per heavy atom. The minimum absolute atomic E-state index is 0.0747. The molecule has 0 fully saturated rings. The van der Waals surface area contributed by atoms with E-state index in [2.05, 4.69) is 21.2 Å². The molecule has 0 aliphatic heterocycles. The van der Waals surface area contributed by atoms with Crippen LogP contribution in [0.2, 0.25) is 0 Å². The molecule has 2 nitrogen and oxygen atoms in total. The van der Waals surface area contributed by atoms with Crippen LogP contribution in [-0.2, 0) is 6.54 Å². The molecule has 2 N–H and O–H groups in total. The number of halogens is 3. The number of nitrogens with one attached hydrogen (secondary N) is 1. The highest BCUT2D eigenvalue weighted by molar-refractivity contribution is 9.10. The molecule has 0 spiro atoms. The van der Waals surface area contributed by atoms with Gasteiger partial charge in [0, 0.05) is 12.1 Å². The molecule has 13 heavy (non-hydrogen) atoms. The number of phenols is 1. The van der Waals surface area contributed by atoms with Crippen LogP contribution in [0, 0.1) is 11.6 Å². The van der Waals surface area contributed by atoms with Crippen LogP contribution in [0.1, 0.15) is 5.56 Å². The van der Waals surface area contributed by atoms with E-state index in [0.29, 0.717) is 0 Å². The summed E-state index contributed by atoms with van der Waals surface area (Å²) >= 11 is 2.92. The lowest BCUT2D eigenvalue weighted by atomic mass is 10.2. The van der Waals surface area contributed by atoms with E-state index in [1.54, 1.807) is 7.05 Å². The lowest BCUT2D eigenvalue weighted by Crippen LogP contribution is -2.08. The van der Waals surface area contributed by atoms with E-state index in [-0.39, 0.29) is 22.3 Å². The molecule has 72 valence electrons. The van der Waals surface area contributed by atoms with Gasteiger partial charge >= 0.3 is 0 Å². The van der Waals surface area contributed by atoms with Crippen LogP contribution in [0.5, 0.6) is 5.75 Å². The third-order valence-corrected chi connectivity index (χ3v) is 2.20. The topological polar surface area (TPSA) is 32.3 Å². The Bertz CT molecular complexity index is 304. The lowest BCUT2D eigenvalue weighted by molar-refractivity contribution is 0.435.